The summed E-state index contributed by atoms with van der Waals surface area (Å²) in [5, 5.41) is 0.0285. The molecule has 22 heavy (non-hydrogen) atoms. The maximum Gasteiger partial charge on any atom is 0.289 e. The van der Waals surface area contributed by atoms with Gasteiger partial charge in [-0.3, -0.25) is 4.79 Å². The number of rotatable bonds is 3. The fourth-order valence-corrected chi connectivity index (χ4v) is 3.73. The van der Waals surface area contributed by atoms with E-state index in [1.54, 1.807) is 28.6 Å². The molecule has 2 aromatic heterocycles. The first-order valence-corrected chi connectivity index (χ1v) is 8.23. The summed E-state index contributed by atoms with van der Waals surface area (Å²) in [5.74, 6) is 0.0425. The first kappa shape index (κ1) is 14.8. The van der Waals surface area contributed by atoms with E-state index in [9.17, 15) is 13.2 Å². The zero-order valence-electron chi connectivity index (χ0n) is 12.0. The highest BCUT2D eigenvalue weighted by molar-refractivity contribution is 7.89. The van der Waals surface area contributed by atoms with Crippen molar-refractivity contribution in [3.8, 4) is 0 Å². The van der Waals surface area contributed by atoms with Crippen LogP contribution in [0.3, 0.4) is 0 Å². The average Bonchev–Trinajstić information content (AvgIpc) is 3.18. The zero-order valence-corrected chi connectivity index (χ0v) is 12.9. The fourth-order valence-electron chi connectivity index (χ4n) is 2.34. The summed E-state index contributed by atoms with van der Waals surface area (Å²) in [6, 6.07) is 3.24. The van der Waals surface area contributed by atoms with Crippen molar-refractivity contribution < 1.29 is 17.6 Å². The summed E-state index contributed by atoms with van der Waals surface area (Å²) < 4.78 is 32.9. The van der Waals surface area contributed by atoms with Crippen molar-refractivity contribution in [1.29, 1.82) is 0 Å². The topological polar surface area (TPSA) is 88.7 Å². The third kappa shape index (κ3) is 2.64. The number of hydrogen-bond donors (Lipinski definition) is 0. The molecule has 3 heterocycles. The van der Waals surface area contributed by atoms with E-state index in [-0.39, 0.29) is 29.8 Å². The van der Waals surface area contributed by atoms with Crippen LogP contribution in [0.1, 0.15) is 10.6 Å². The van der Waals surface area contributed by atoms with Crippen LogP contribution >= 0.6 is 0 Å². The van der Waals surface area contributed by atoms with Gasteiger partial charge in [-0.15, -0.1) is 0 Å². The third-order valence-corrected chi connectivity index (χ3v) is 5.33. The Morgan fingerprint density at radius 1 is 1.27 bits per heavy atom. The molecule has 118 valence electrons. The van der Waals surface area contributed by atoms with Crippen LogP contribution in [0.15, 0.2) is 40.4 Å². The molecule has 3 rings (SSSR count). The Kier molecular flexibility index (Phi) is 3.75. The Morgan fingerprint density at radius 3 is 2.55 bits per heavy atom. The molecule has 1 aliphatic heterocycles. The molecule has 0 atom stereocenters. The van der Waals surface area contributed by atoms with Gasteiger partial charge in [0.25, 0.3) is 15.9 Å². The second-order valence-electron chi connectivity index (χ2n) is 5.05. The van der Waals surface area contributed by atoms with Crippen molar-refractivity contribution in [2.24, 2.45) is 7.05 Å². The number of sulfonamides is 1. The lowest BCUT2D eigenvalue weighted by Gasteiger charge is -2.33. The molecule has 1 saturated heterocycles. The van der Waals surface area contributed by atoms with E-state index in [0.29, 0.717) is 13.1 Å². The van der Waals surface area contributed by atoms with Gasteiger partial charge in [-0.25, -0.2) is 13.4 Å². The van der Waals surface area contributed by atoms with Gasteiger partial charge in [-0.05, 0) is 12.1 Å². The Morgan fingerprint density at radius 2 is 2.00 bits per heavy atom. The number of piperazine rings is 1. The van der Waals surface area contributed by atoms with E-state index in [1.165, 1.54) is 23.1 Å². The predicted octanol–water partition coefficient (Wildman–Crippen LogP) is 0.160. The first-order chi connectivity index (χ1) is 10.5. The van der Waals surface area contributed by atoms with Gasteiger partial charge in [-0.2, -0.15) is 4.31 Å². The number of carbonyl (C=O) groups excluding carboxylic acids is 1. The molecular weight excluding hydrogens is 308 g/mol. The number of furan rings is 1. The lowest BCUT2D eigenvalue weighted by molar-refractivity contribution is 0.0666. The lowest BCUT2D eigenvalue weighted by Crippen LogP contribution is -2.50. The van der Waals surface area contributed by atoms with Gasteiger partial charge in [0.1, 0.15) is 0 Å². The molecule has 8 nitrogen and oxygen atoms in total. The molecule has 0 unspecified atom stereocenters. The molecule has 0 aliphatic carbocycles. The molecule has 0 aromatic carbocycles. The highest BCUT2D eigenvalue weighted by atomic mass is 32.2. The number of aryl methyl sites for hydroxylation is 1. The van der Waals surface area contributed by atoms with E-state index in [2.05, 4.69) is 4.98 Å². The summed E-state index contributed by atoms with van der Waals surface area (Å²) in [6.45, 7) is 1.13. The molecule has 2 aromatic rings. The van der Waals surface area contributed by atoms with Gasteiger partial charge in [0.15, 0.2) is 10.8 Å². The van der Waals surface area contributed by atoms with Crippen molar-refractivity contribution in [2.45, 2.75) is 5.03 Å². The van der Waals surface area contributed by atoms with Crippen LogP contribution in [0, 0.1) is 0 Å². The highest BCUT2D eigenvalue weighted by Gasteiger charge is 2.32. The van der Waals surface area contributed by atoms with E-state index >= 15 is 0 Å². The third-order valence-electron chi connectivity index (χ3n) is 3.54. The van der Waals surface area contributed by atoms with Crippen molar-refractivity contribution >= 4 is 15.9 Å². The van der Waals surface area contributed by atoms with Crippen LogP contribution in [-0.2, 0) is 17.1 Å². The Hall–Kier alpha value is -2.13. The summed E-state index contributed by atoms with van der Waals surface area (Å²) in [4.78, 5) is 17.6. The molecule has 0 spiro atoms. The maximum absolute atomic E-state index is 12.4. The lowest BCUT2D eigenvalue weighted by atomic mass is 10.3. The number of aromatic nitrogens is 2. The summed E-state index contributed by atoms with van der Waals surface area (Å²) in [5.41, 5.74) is 0. The van der Waals surface area contributed by atoms with Crippen LogP contribution < -0.4 is 0 Å². The Bertz CT molecular complexity index is 758. The summed E-state index contributed by atoms with van der Waals surface area (Å²) in [6.07, 6.45) is 4.36. The van der Waals surface area contributed by atoms with Crippen molar-refractivity contribution in [2.75, 3.05) is 26.2 Å². The summed E-state index contributed by atoms with van der Waals surface area (Å²) >= 11 is 0. The number of amides is 1. The fraction of sp³-hybridized carbons (Fsp3) is 0.385. The smallest absolute Gasteiger partial charge is 0.289 e. The van der Waals surface area contributed by atoms with Crippen molar-refractivity contribution in [3.05, 3.63) is 36.7 Å². The quantitative estimate of drug-likeness (QED) is 0.802. The van der Waals surface area contributed by atoms with Gasteiger partial charge in [-0.1, -0.05) is 0 Å². The number of nitrogens with zero attached hydrogens (tertiary/aromatic N) is 4. The van der Waals surface area contributed by atoms with Crippen molar-refractivity contribution in [1.82, 2.24) is 18.8 Å². The number of imidazole rings is 1. The second-order valence-corrected chi connectivity index (χ2v) is 6.94. The standard InChI is InChI=1S/C13H16N4O4S/c1-15-9-12(14-10-15)22(19,20)17-6-4-16(5-7-17)13(18)11-3-2-8-21-11/h2-3,8-10H,4-7H2,1H3. The predicted molar refractivity (Wildman–Crippen MR) is 76.6 cm³/mol. The minimum atomic E-state index is -3.60. The van der Waals surface area contributed by atoms with Gasteiger partial charge in [0.05, 0.1) is 12.6 Å². The summed E-state index contributed by atoms with van der Waals surface area (Å²) in [7, 11) is -1.89. The van der Waals surface area contributed by atoms with Gasteiger partial charge >= 0.3 is 0 Å². The largest absolute Gasteiger partial charge is 0.459 e. The minimum absolute atomic E-state index is 0.0285. The van der Waals surface area contributed by atoms with Gasteiger partial charge in [0, 0.05) is 39.4 Å². The van der Waals surface area contributed by atoms with Crippen molar-refractivity contribution in [3.63, 3.8) is 0 Å². The van der Waals surface area contributed by atoms with E-state index in [0.717, 1.165) is 0 Å². The van der Waals surface area contributed by atoms with E-state index in [4.69, 9.17) is 4.42 Å². The van der Waals surface area contributed by atoms with E-state index in [1.807, 2.05) is 0 Å². The molecule has 1 amide bonds. The second kappa shape index (κ2) is 5.58. The highest BCUT2D eigenvalue weighted by Crippen LogP contribution is 2.16. The molecule has 1 aliphatic rings. The van der Waals surface area contributed by atoms with Gasteiger partial charge < -0.3 is 13.9 Å². The molecule has 0 radical (unpaired) electrons. The zero-order chi connectivity index (χ0) is 15.7. The van der Waals surface area contributed by atoms with Crippen LogP contribution in [0.2, 0.25) is 0 Å². The molecule has 9 heteroatoms. The van der Waals surface area contributed by atoms with Crippen LogP contribution in [0.4, 0.5) is 0 Å². The van der Waals surface area contributed by atoms with E-state index < -0.39 is 10.0 Å². The Labute approximate surface area is 128 Å². The van der Waals surface area contributed by atoms with Crippen LogP contribution in [0.5, 0.6) is 0 Å². The minimum Gasteiger partial charge on any atom is -0.459 e. The monoisotopic (exact) mass is 324 g/mol. The number of hydrogen-bond acceptors (Lipinski definition) is 5. The maximum atomic E-state index is 12.4. The Balaban J connectivity index is 1.68. The SMILES string of the molecule is Cn1cnc(S(=O)(=O)N2CCN(C(=O)c3ccco3)CC2)c1. The molecule has 0 saturated carbocycles. The number of carbonyl (C=O) groups is 1. The molecule has 0 bridgehead atoms. The normalized spacial score (nSPS) is 16.9. The van der Waals surface area contributed by atoms with Crippen LogP contribution in [-0.4, -0.2) is 59.3 Å². The van der Waals surface area contributed by atoms with Crippen LogP contribution in [0.25, 0.3) is 0 Å². The van der Waals surface area contributed by atoms with Gasteiger partial charge in [0.2, 0.25) is 0 Å². The molecule has 1 fully saturated rings. The molecule has 0 N–H and O–H groups in total. The average molecular weight is 324 g/mol. The molecular formula is C13H16N4O4S. The first-order valence-electron chi connectivity index (χ1n) is 6.79.